The topological polar surface area (TPSA) is 32.8 Å². The molecule has 0 aliphatic carbocycles. The first-order valence-electron chi connectivity index (χ1n) is 5.87. The number of halogens is 1. The Morgan fingerprint density at radius 3 is 2.41 bits per heavy atom. The SMILES string of the molecule is CCN(CC)C(=O)[C@@H]1O[C@H]1c1ccc(Br)cc1. The van der Waals surface area contributed by atoms with Crippen LogP contribution in [-0.4, -0.2) is 30.0 Å². The van der Waals surface area contributed by atoms with Gasteiger partial charge < -0.3 is 9.64 Å². The summed E-state index contributed by atoms with van der Waals surface area (Å²) in [7, 11) is 0. The molecule has 0 unspecified atom stereocenters. The van der Waals surface area contributed by atoms with Crippen LogP contribution in [0.4, 0.5) is 0 Å². The minimum Gasteiger partial charge on any atom is -0.354 e. The lowest BCUT2D eigenvalue weighted by Crippen LogP contribution is -2.34. The van der Waals surface area contributed by atoms with Gasteiger partial charge in [-0.3, -0.25) is 4.79 Å². The highest BCUT2D eigenvalue weighted by atomic mass is 79.9. The third-order valence-corrected chi connectivity index (χ3v) is 3.54. The van der Waals surface area contributed by atoms with Crippen molar-refractivity contribution in [1.29, 1.82) is 0 Å². The summed E-state index contributed by atoms with van der Waals surface area (Å²) in [5.74, 6) is 0.0999. The molecular weight excluding hydrogens is 282 g/mol. The predicted molar refractivity (Wildman–Crippen MR) is 69.7 cm³/mol. The van der Waals surface area contributed by atoms with Crippen molar-refractivity contribution in [3.63, 3.8) is 0 Å². The number of carbonyl (C=O) groups excluding carboxylic acids is 1. The average Bonchev–Trinajstić information content (AvgIpc) is 3.11. The molecule has 0 spiro atoms. The fraction of sp³-hybridized carbons (Fsp3) is 0.462. The monoisotopic (exact) mass is 297 g/mol. The third kappa shape index (κ3) is 2.69. The Balaban J connectivity index is 2.00. The minimum atomic E-state index is -0.281. The molecule has 1 aromatic rings. The summed E-state index contributed by atoms with van der Waals surface area (Å²) in [6, 6.07) is 7.92. The zero-order chi connectivity index (χ0) is 12.4. The van der Waals surface area contributed by atoms with Crippen molar-refractivity contribution in [2.45, 2.75) is 26.1 Å². The molecule has 1 heterocycles. The quantitative estimate of drug-likeness (QED) is 0.801. The summed E-state index contributed by atoms with van der Waals surface area (Å²) < 4.78 is 6.52. The molecule has 3 nitrogen and oxygen atoms in total. The first-order chi connectivity index (χ1) is 8.17. The van der Waals surface area contributed by atoms with Crippen molar-refractivity contribution in [1.82, 2.24) is 4.90 Å². The van der Waals surface area contributed by atoms with Crippen molar-refractivity contribution >= 4 is 21.8 Å². The zero-order valence-corrected chi connectivity index (χ0v) is 11.6. The van der Waals surface area contributed by atoms with Gasteiger partial charge in [0.25, 0.3) is 5.91 Å². The summed E-state index contributed by atoms with van der Waals surface area (Å²) in [6.45, 7) is 5.45. The lowest BCUT2D eigenvalue weighted by molar-refractivity contribution is -0.132. The molecule has 1 amide bonds. The van der Waals surface area contributed by atoms with Gasteiger partial charge in [-0.1, -0.05) is 28.1 Å². The molecule has 0 aromatic heterocycles. The van der Waals surface area contributed by atoms with E-state index in [0.29, 0.717) is 0 Å². The molecule has 1 aromatic carbocycles. The summed E-state index contributed by atoms with van der Waals surface area (Å²) in [5, 5.41) is 0. The van der Waals surface area contributed by atoms with E-state index in [0.717, 1.165) is 23.1 Å². The van der Waals surface area contributed by atoms with Crippen LogP contribution in [0.2, 0.25) is 0 Å². The number of nitrogens with zero attached hydrogens (tertiary/aromatic N) is 1. The first-order valence-corrected chi connectivity index (χ1v) is 6.66. The van der Waals surface area contributed by atoms with Crippen LogP contribution in [-0.2, 0) is 9.53 Å². The van der Waals surface area contributed by atoms with E-state index >= 15 is 0 Å². The number of hydrogen-bond acceptors (Lipinski definition) is 2. The number of rotatable bonds is 4. The van der Waals surface area contributed by atoms with Crippen LogP contribution in [0.15, 0.2) is 28.7 Å². The molecule has 17 heavy (non-hydrogen) atoms. The van der Waals surface area contributed by atoms with Crippen molar-refractivity contribution in [3.8, 4) is 0 Å². The Morgan fingerprint density at radius 1 is 1.29 bits per heavy atom. The molecule has 2 rings (SSSR count). The van der Waals surface area contributed by atoms with Crippen LogP contribution >= 0.6 is 15.9 Å². The standard InChI is InChI=1S/C13H16BrNO2/c1-3-15(4-2)13(16)12-11(17-12)9-5-7-10(14)8-6-9/h5-8,11-12H,3-4H2,1-2H3/t11-,12+/m0/s1. The van der Waals surface area contributed by atoms with Crippen LogP contribution < -0.4 is 0 Å². The maximum Gasteiger partial charge on any atom is 0.254 e. The predicted octanol–water partition coefficient (Wildman–Crippen LogP) is 2.76. The Morgan fingerprint density at radius 2 is 1.88 bits per heavy atom. The van der Waals surface area contributed by atoms with Crippen molar-refractivity contribution in [2.24, 2.45) is 0 Å². The number of benzene rings is 1. The average molecular weight is 298 g/mol. The zero-order valence-electron chi connectivity index (χ0n) is 10.0. The molecule has 1 aliphatic heterocycles. The Bertz CT molecular complexity index is 400. The van der Waals surface area contributed by atoms with Crippen LogP contribution in [0.25, 0.3) is 0 Å². The fourth-order valence-corrected chi connectivity index (χ4v) is 2.19. The van der Waals surface area contributed by atoms with E-state index in [-0.39, 0.29) is 18.1 Å². The molecule has 1 fully saturated rings. The second-order valence-corrected chi connectivity index (χ2v) is 4.96. The molecule has 0 saturated carbocycles. The highest BCUT2D eigenvalue weighted by molar-refractivity contribution is 9.10. The van der Waals surface area contributed by atoms with E-state index in [9.17, 15) is 4.79 Å². The van der Waals surface area contributed by atoms with Gasteiger partial charge in [0.05, 0.1) is 0 Å². The van der Waals surface area contributed by atoms with Crippen LogP contribution in [0, 0.1) is 0 Å². The lowest BCUT2D eigenvalue weighted by atomic mass is 10.1. The Kier molecular flexibility index (Phi) is 3.84. The van der Waals surface area contributed by atoms with Crippen LogP contribution in [0.1, 0.15) is 25.5 Å². The number of epoxide rings is 1. The molecular formula is C13H16BrNO2. The van der Waals surface area contributed by atoms with Gasteiger partial charge in [0.15, 0.2) is 6.10 Å². The highest BCUT2D eigenvalue weighted by Crippen LogP contribution is 2.40. The summed E-state index contributed by atoms with van der Waals surface area (Å²) in [6.07, 6.45) is -0.340. The molecule has 0 N–H and O–H groups in total. The van der Waals surface area contributed by atoms with E-state index in [1.807, 2.05) is 43.0 Å². The molecule has 0 radical (unpaired) electrons. The number of ether oxygens (including phenoxy) is 1. The second kappa shape index (κ2) is 5.19. The van der Waals surface area contributed by atoms with Gasteiger partial charge in [-0.2, -0.15) is 0 Å². The van der Waals surface area contributed by atoms with Gasteiger partial charge in [-0.25, -0.2) is 0 Å². The molecule has 4 heteroatoms. The van der Waals surface area contributed by atoms with E-state index in [1.54, 1.807) is 0 Å². The van der Waals surface area contributed by atoms with Crippen LogP contribution in [0.5, 0.6) is 0 Å². The van der Waals surface area contributed by atoms with Crippen molar-refractivity contribution < 1.29 is 9.53 Å². The lowest BCUT2D eigenvalue weighted by Gasteiger charge is -2.17. The Hall–Kier alpha value is -0.870. The number of carbonyl (C=O) groups is 1. The Labute approximate surface area is 110 Å². The first kappa shape index (κ1) is 12.6. The van der Waals surface area contributed by atoms with E-state index < -0.39 is 0 Å². The van der Waals surface area contributed by atoms with Crippen molar-refractivity contribution in [2.75, 3.05) is 13.1 Å². The smallest absolute Gasteiger partial charge is 0.254 e. The van der Waals surface area contributed by atoms with E-state index in [2.05, 4.69) is 15.9 Å². The van der Waals surface area contributed by atoms with E-state index in [4.69, 9.17) is 4.74 Å². The van der Waals surface area contributed by atoms with Gasteiger partial charge in [0, 0.05) is 17.6 Å². The minimum absolute atomic E-state index is 0.0591. The molecule has 2 atom stereocenters. The van der Waals surface area contributed by atoms with Gasteiger partial charge in [-0.15, -0.1) is 0 Å². The van der Waals surface area contributed by atoms with E-state index in [1.165, 1.54) is 0 Å². The maximum atomic E-state index is 12.0. The van der Waals surface area contributed by atoms with Crippen LogP contribution in [0.3, 0.4) is 0 Å². The largest absolute Gasteiger partial charge is 0.354 e. The second-order valence-electron chi connectivity index (χ2n) is 4.04. The summed E-state index contributed by atoms with van der Waals surface area (Å²) >= 11 is 3.39. The normalized spacial score (nSPS) is 22.3. The number of amides is 1. The molecule has 1 saturated heterocycles. The summed E-state index contributed by atoms with van der Waals surface area (Å²) in [5.41, 5.74) is 1.07. The highest BCUT2D eigenvalue weighted by Gasteiger charge is 2.47. The van der Waals surface area contributed by atoms with Gasteiger partial charge >= 0.3 is 0 Å². The van der Waals surface area contributed by atoms with Gasteiger partial charge in [-0.05, 0) is 31.5 Å². The van der Waals surface area contributed by atoms with Gasteiger partial charge in [0.1, 0.15) is 6.10 Å². The summed E-state index contributed by atoms with van der Waals surface area (Å²) in [4.78, 5) is 13.8. The fourth-order valence-electron chi connectivity index (χ4n) is 1.92. The maximum absolute atomic E-state index is 12.0. The van der Waals surface area contributed by atoms with Crippen molar-refractivity contribution in [3.05, 3.63) is 34.3 Å². The number of hydrogen-bond donors (Lipinski definition) is 0. The number of likely N-dealkylation sites (N-methyl/N-ethyl adjacent to an activating group) is 1. The van der Waals surface area contributed by atoms with Gasteiger partial charge in [0.2, 0.25) is 0 Å². The molecule has 1 aliphatic rings. The third-order valence-electron chi connectivity index (χ3n) is 3.01. The molecule has 0 bridgehead atoms. The molecule has 92 valence electrons.